The molecular weight excluding hydrogens is 455 g/mol. The van der Waals surface area contributed by atoms with Crippen molar-refractivity contribution in [2.45, 2.75) is 19.9 Å². The van der Waals surface area contributed by atoms with E-state index in [-0.39, 0.29) is 30.0 Å². The molecule has 0 saturated heterocycles. The van der Waals surface area contributed by atoms with Gasteiger partial charge in [0.25, 0.3) is 0 Å². The SMILES string of the molecule is C=CCN(CC=C)C(CN=C(N)Nc1ccc(OC)c(OC)c1)C(C)C.I. The number of ether oxygens (including phenoxy) is 2. The predicted octanol–water partition coefficient (Wildman–Crippen LogP) is 3.75. The molecular formula is C20H33IN4O2. The number of methoxy groups -OCH3 is 2. The van der Waals surface area contributed by atoms with Crippen LogP contribution in [-0.4, -0.2) is 50.8 Å². The first-order chi connectivity index (χ1) is 12.5. The number of guanidine groups is 1. The zero-order valence-corrected chi connectivity index (χ0v) is 19.1. The number of anilines is 1. The number of nitrogens with two attached hydrogens (primary N) is 1. The molecule has 7 heteroatoms. The summed E-state index contributed by atoms with van der Waals surface area (Å²) >= 11 is 0. The number of hydrogen-bond acceptors (Lipinski definition) is 4. The summed E-state index contributed by atoms with van der Waals surface area (Å²) in [6.07, 6.45) is 3.79. The van der Waals surface area contributed by atoms with Gasteiger partial charge in [0.15, 0.2) is 17.5 Å². The van der Waals surface area contributed by atoms with Gasteiger partial charge < -0.3 is 20.5 Å². The number of halogens is 1. The summed E-state index contributed by atoms with van der Waals surface area (Å²) in [6.45, 7) is 14.2. The van der Waals surface area contributed by atoms with Gasteiger partial charge >= 0.3 is 0 Å². The lowest BCUT2D eigenvalue weighted by atomic mass is 10.0. The normalized spacial score (nSPS) is 12.3. The van der Waals surface area contributed by atoms with E-state index in [1.807, 2.05) is 30.4 Å². The molecule has 0 amide bonds. The van der Waals surface area contributed by atoms with Gasteiger partial charge in [-0.2, -0.15) is 0 Å². The van der Waals surface area contributed by atoms with Crippen LogP contribution in [0.3, 0.4) is 0 Å². The fraction of sp³-hybridized carbons (Fsp3) is 0.450. The lowest BCUT2D eigenvalue weighted by molar-refractivity contribution is 0.196. The highest BCUT2D eigenvalue weighted by Crippen LogP contribution is 2.29. The first-order valence-corrected chi connectivity index (χ1v) is 8.71. The molecule has 27 heavy (non-hydrogen) atoms. The molecule has 1 unspecified atom stereocenters. The fourth-order valence-electron chi connectivity index (χ4n) is 2.72. The van der Waals surface area contributed by atoms with Gasteiger partial charge in [-0.05, 0) is 18.1 Å². The molecule has 1 atom stereocenters. The second kappa shape index (κ2) is 13.4. The van der Waals surface area contributed by atoms with Crippen LogP contribution in [0.25, 0.3) is 0 Å². The first kappa shape index (κ1) is 25.3. The number of benzene rings is 1. The molecule has 0 aliphatic heterocycles. The average molecular weight is 488 g/mol. The van der Waals surface area contributed by atoms with E-state index >= 15 is 0 Å². The van der Waals surface area contributed by atoms with Crippen LogP contribution in [0.2, 0.25) is 0 Å². The van der Waals surface area contributed by atoms with Crippen LogP contribution in [0.15, 0.2) is 48.5 Å². The number of hydrogen-bond donors (Lipinski definition) is 2. The van der Waals surface area contributed by atoms with E-state index in [0.29, 0.717) is 29.9 Å². The van der Waals surface area contributed by atoms with Crippen LogP contribution in [0, 0.1) is 5.92 Å². The molecule has 0 aromatic heterocycles. The Morgan fingerprint density at radius 3 is 2.26 bits per heavy atom. The Kier molecular flexibility index (Phi) is 12.6. The number of rotatable bonds is 11. The lowest BCUT2D eigenvalue weighted by Gasteiger charge is -2.31. The molecule has 0 heterocycles. The van der Waals surface area contributed by atoms with Crippen molar-refractivity contribution in [3.8, 4) is 11.5 Å². The van der Waals surface area contributed by atoms with Crippen molar-refractivity contribution in [3.05, 3.63) is 43.5 Å². The maximum atomic E-state index is 6.07. The van der Waals surface area contributed by atoms with Crippen LogP contribution < -0.4 is 20.5 Å². The van der Waals surface area contributed by atoms with Gasteiger partial charge in [0, 0.05) is 30.9 Å². The molecule has 0 radical (unpaired) electrons. The van der Waals surface area contributed by atoms with E-state index in [9.17, 15) is 0 Å². The third-order valence-corrected chi connectivity index (χ3v) is 4.07. The van der Waals surface area contributed by atoms with Crippen molar-refractivity contribution in [2.24, 2.45) is 16.6 Å². The molecule has 0 bridgehead atoms. The monoisotopic (exact) mass is 488 g/mol. The van der Waals surface area contributed by atoms with E-state index in [1.54, 1.807) is 14.2 Å². The molecule has 0 aliphatic carbocycles. The molecule has 1 aromatic rings. The molecule has 6 nitrogen and oxygen atoms in total. The topological polar surface area (TPSA) is 72.1 Å². The number of nitrogens with one attached hydrogen (secondary N) is 1. The minimum atomic E-state index is 0. The second-order valence-corrected chi connectivity index (χ2v) is 6.26. The highest BCUT2D eigenvalue weighted by atomic mass is 127. The van der Waals surface area contributed by atoms with Gasteiger partial charge in [-0.1, -0.05) is 26.0 Å². The summed E-state index contributed by atoms with van der Waals surface area (Å²) in [5, 5.41) is 3.10. The summed E-state index contributed by atoms with van der Waals surface area (Å²) in [6, 6.07) is 5.76. The van der Waals surface area contributed by atoms with E-state index in [0.717, 1.165) is 18.8 Å². The largest absolute Gasteiger partial charge is 0.493 e. The van der Waals surface area contributed by atoms with Crippen LogP contribution >= 0.6 is 24.0 Å². The third kappa shape index (κ3) is 8.21. The smallest absolute Gasteiger partial charge is 0.193 e. The predicted molar refractivity (Wildman–Crippen MR) is 126 cm³/mol. The van der Waals surface area contributed by atoms with Gasteiger partial charge in [0.2, 0.25) is 0 Å². The van der Waals surface area contributed by atoms with Crippen molar-refractivity contribution < 1.29 is 9.47 Å². The molecule has 0 fully saturated rings. The van der Waals surface area contributed by atoms with Crippen molar-refractivity contribution >= 4 is 35.6 Å². The van der Waals surface area contributed by atoms with Crippen LogP contribution in [0.1, 0.15) is 13.8 Å². The summed E-state index contributed by atoms with van der Waals surface area (Å²) in [7, 11) is 3.20. The fourth-order valence-corrected chi connectivity index (χ4v) is 2.72. The highest BCUT2D eigenvalue weighted by molar-refractivity contribution is 14.0. The first-order valence-electron chi connectivity index (χ1n) is 8.71. The third-order valence-electron chi connectivity index (χ3n) is 4.07. The number of nitrogens with zero attached hydrogens (tertiary/aromatic N) is 2. The van der Waals surface area contributed by atoms with E-state index in [2.05, 4.69) is 42.2 Å². The Balaban J connectivity index is 0.00000676. The summed E-state index contributed by atoms with van der Waals surface area (Å²) in [5.74, 6) is 2.08. The van der Waals surface area contributed by atoms with Crippen molar-refractivity contribution in [1.82, 2.24) is 4.90 Å². The lowest BCUT2D eigenvalue weighted by Crippen LogP contribution is -2.42. The Morgan fingerprint density at radius 1 is 1.19 bits per heavy atom. The van der Waals surface area contributed by atoms with E-state index in [1.165, 1.54) is 0 Å². The molecule has 1 aromatic carbocycles. The summed E-state index contributed by atoms with van der Waals surface area (Å²) in [5.41, 5.74) is 6.86. The molecule has 0 spiro atoms. The molecule has 0 aliphatic rings. The van der Waals surface area contributed by atoms with Gasteiger partial charge in [0.1, 0.15) is 0 Å². The van der Waals surface area contributed by atoms with E-state index in [4.69, 9.17) is 15.2 Å². The maximum Gasteiger partial charge on any atom is 0.193 e. The molecule has 3 N–H and O–H groups in total. The zero-order chi connectivity index (χ0) is 19.5. The van der Waals surface area contributed by atoms with Gasteiger partial charge in [-0.3, -0.25) is 9.89 Å². The average Bonchev–Trinajstić information content (AvgIpc) is 2.61. The second-order valence-electron chi connectivity index (χ2n) is 6.26. The molecule has 0 saturated carbocycles. The van der Waals surface area contributed by atoms with Crippen LogP contribution in [0.5, 0.6) is 11.5 Å². The quantitative estimate of drug-likeness (QED) is 0.215. The van der Waals surface area contributed by atoms with Gasteiger partial charge in [-0.25, -0.2) is 0 Å². The summed E-state index contributed by atoms with van der Waals surface area (Å²) in [4.78, 5) is 6.82. The van der Waals surface area contributed by atoms with Crippen LogP contribution in [0.4, 0.5) is 5.69 Å². The number of aliphatic imine (C=N–C) groups is 1. The zero-order valence-electron chi connectivity index (χ0n) is 16.8. The minimum absolute atomic E-state index is 0. The van der Waals surface area contributed by atoms with Crippen molar-refractivity contribution in [3.63, 3.8) is 0 Å². The summed E-state index contributed by atoms with van der Waals surface area (Å²) < 4.78 is 10.5. The van der Waals surface area contributed by atoms with Crippen LogP contribution in [-0.2, 0) is 0 Å². The Morgan fingerprint density at radius 2 is 1.78 bits per heavy atom. The van der Waals surface area contributed by atoms with Gasteiger partial charge in [0.05, 0.1) is 20.8 Å². The van der Waals surface area contributed by atoms with E-state index < -0.39 is 0 Å². The van der Waals surface area contributed by atoms with Crippen molar-refractivity contribution in [2.75, 3.05) is 39.2 Å². The Bertz CT molecular complexity index is 610. The molecule has 152 valence electrons. The Labute approximate surface area is 180 Å². The maximum absolute atomic E-state index is 6.07. The standard InChI is InChI=1S/C20H32N4O2.HI/c1-7-11-24(12-8-2)17(15(3)4)14-22-20(21)23-16-9-10-18(25-5)19(13-16)26-6;/h7-10,13,15,17H,1-2,11-12,14H2,3-6H3,(H3,21,22,23);1H. The highest BCUT2D eigenvalue weighted by Gasteiger charge is 2.19. The minimum Gasteiger partial charge on any atom is -0.493 e. The Hall–Kier alpha value is -1.74. The molecule has 1 rings (SSSR count). The van der Waals surface area contributed by atoms with Gasteiger partial charge in [-0.15, -0.1) is 37.1 Å². The van der Waals surface area contributed by atoms with Crippen molar-refractivity contribution in [1.29, 1.82) is 0 Å².